The van der Waals surface area contributed by atoms with E-state index >= 15 is 0 Å². The van der Waals surface area contributed by atoms with Gasteiger partial charge in [0.25, 0.3) is 12.3 Å². The van der Waals surface area contributed by atoms with E-state index in [0.717, 1.165) is 0 Å². The second-order valence-electron chi connectivity index (χ2n) is 6.49. The minimum atomic E-state index is -4.22. The van der Waals surface area contributed by atoms with E-state index in [0.29, 0.717) is 34.9 Å². The monoisotopic (exact) mass is 526 g/mol. The first-order chi connectivity index (χ1) is 16.6. The summed E-state index contributed by atoms with van der Waals surface area (Å²) in [6.07, 6.45) is 5.10. The van der Waals surface area contributed by atoms with Gasteiger partial charge in [-0.3, -0.25) is 9.59 Å². The number of ketones is 2. The van der Waals surface area contributed by atoms with E-state index < -0.39 is 21.9 Å². The molecule has 0 atom stereocenters. The van der Waals surface area contributed by atoms with Crippen LogP contribution in [0.25, 0.3) is 12.2 Å². The highest BCUT2D eigenvalue weighted by Crippen LogP contribution is 2.31. The van der Waals surface area contributed by atoms with Crippen LogP contribution in [0.3, 0.4) is 0 Å². The molecule has 0 aromatic heterocycles. The first-order valence-electron chi connectivity index (χ1n) is 9.52. The summed E-state index contributed by atoms with van der Waals surface area (Å²) in [5.41, 5.74) is 1.14. The Bertz CT molecular complexity index is 1210. The molecule has 0 aliphatic rings. The van der Waals surface area contributed by atoms with Gasteiger partial charge in [-0.15, -0.1) is 9.32 Å². The summed E-state index contributed by atoms with van der Waals surface area (Å²) in [6.45, 7) is 0. The minimum absolute atomic E-state index is 0.0957. The van der Waals surface area contributed by atoms with Crippen LogP contribution in [0.1, 0.15) is 17.5 Å². The lowest BCUT2D eigenvalue weighted by Gasteiger charge is -2.08. The second-order valence-corrected chi connectivity index (χ2v) is 8.08. The van der Waals surface area contributed by atoms with E-state index in [1.54, 1.807) is 18.2 Å². The Hall–Kier alpha value is -3.40. The summed E-state index contributed by atoms with van der Waals surface area (Å²) >= 11 is 0.489. The predicted octanol–water partition coefficient (Wildman–Crippen LogP) is 2.30. The number of rotatable bonds is 14. The summed E-state index contributed by atoms with van der Waals surface area (Å²) in [5, 5.41) is 4.85. The number of carbonyl (C=O) groups is 2. The molecule has 0 heterocycles. The van der Waals surface area contributed by atoms with Crippen molar-refractivity contribution in [3.63, 3.8) is 0 Å². The third-order valence-corrected chi connectivity index (χ3v) is 4.84. The van der Waals surface area contributed by atoms with Gasteiger partial charge in [-0.2, -0.15) is 19.5 Å². The van der Waals surface area contributed by atoms with Gasteiger partial charge in [0, 0.05) is 0 Å². The first-order valence-corrected chi connectivity index (χ1v) is 11.7. The van der Waals surface area contributed by atoms with Crippen LogP contribution >= 0.6 is 12.3 Å². The third-order valence-electron chi connectivity index (χ3n) is 4.04. The molecule has 0 unspecified atom stereocenters. The highest BCUT2D eigenvalue weighted by molar-refractivity contribution is 7.90. The topological polar surface area (TPSA) is 176 Å². The van der Waals surface area contributed by atoms with Crippen molar-refractivity contribution >= 4 is 46.3 Å². The molecule has 0 saturated heterocycles. The summed E-state index contributed by atoms with van der Waals surface area (Å²) in [5.74, 6) is 4.55. The van der Waals surface area contributed by atoms with Gasteiger partial charge in [0.05, 0.1) is 20.6 Å². The average molecular weight is 527 g/mol. The summed E-state index contributed by atoms with van der Waals surface area (Å²) in [4.78, 5) is 28.2. The van der Waals surface area contributed by atoms with Crippen molar-refractivity contribution in [3.8, 4) is 23.0 Å². The average Bonchev–Trinajstić information content (AvgIpc) is 2.81. The Morgan fingerprint density at radius 2 is 1.40 bits per heavy atom. The fraction of sp³-hybridized carbons (Fsp3) is 0.143. The molecule has 12 nitrogen and oxygen atoms in total. The fourth-order valence-corrected chi connectivity index (χ4v) is 3.23. The van der Waals surface area contributed by atoms with Gasteiger partial charge in [0.15, 0.2) is 34.6 Å². The van der Waals surface area contributed by atoms with Crippen LogP contribution in [0.15, 0.2) is 48.6 Å². The Balaban J connectivity index is 1.98. The Labute approximate surface area is 205 Å². The lowest BCUT2D eigenvalue weighted by Crippen LogP contribution is -2.19. The highest BCUT2D eigenvalue weighted by Gasteiger charge is 2.12. The van der Waals surface area contributed by atoms with Crippen LogP contribution in [-0.4, -0.2) is 34.2 Å². The Morgan fingerprint density at radius 1 is 0.886 bits per heavy atom. The van der Waals surface area contributed by atoms with Crippen LogP contribution in [0.4, 0.5) is 0 Å². The molecule has 35 heavy (non-hydrogen) atoms. The van der Waals surface area contributed by atoms with Crippen LogP contribution in [0.5, 0.6) is 23.0 Å². The molecule has 188 valence electrons. The maximum Gasteiger partial charge on any atom is 0.380 e. The van der Waals surface area contributed by atoms with E-state index in [-0.39, 0.29) is 17.9 Å². The van der Waals surface area contributed by atoms with Gasteiger partial charge >= 0.3 is 10.3 Å². The van der Waals surface area contributed by atoms with Gasteiger partial charge in [0.2, 0.25) is 0 Å². The summed E-state index contributed by atoms with van der Waals surface area (Å²) in [6, 6.07) is 9.11. The van der Waals surface area contributed by atoms with Crippen LogP contribution in [0.2, 0.25) is 0 Å². The molecule has 0 saturated carbocycles. The smallest absolute Gasteiger partial charge is 0.380 e. The van der Waals surface area contributed by atoms with E-state index in [4.69, 9.17) is 24.7 Å². The largest absolute Gasteiger partial charge is 0.493 e. The highest BCUT2D eigenvalue weighted by atomic mass is 32.2. The van der Waals surface area contributed by atoms with Crippen molar-refractivity contribution in [2.24, 2.45) is 11.0 Å². The van der Waals surface area contributed by atoms with Crippen LogP contribution in [0, 0.1) is 0 Å². The number of hydrogen-bond donors (Lipinski definition) is 2. The zero-order chi connectivity index (χ0) is 25.8. The molecule has 4 N–H and O–H groups in total. The molecule has 2 aromatic rings. The molecule has 14 heteroatoms. The van der Waals surface area contributed by atoms with Gasteiger partial charge in [-0.05, 0) is 47.5 Å². The molecular formula is C21H22N2O10S2. The van der Waals surface area contributed by atoms with E-state index in [9.17, 15) is 18.0 Å². The number of carbonyl (C=O) groups excluding carboxylic acids is 2. The van der Waals surface area contributed by atoms with Crippen molar-refractivity contribution in [1.29, 1.82) is 0 Å². The lowest BCUT2D eigenvalue weighted by molar-refractivity contribution is -0.199. The van der Waals surface area contributed by atoms with Crippen molar-refractivity contribution in [2.45, 2.75) is 6.42 Å². The maximum atomic E-state index is 12.2. The minimum Gasteiger partial charge on any atom is -0.493 e. The second kappa shape index (κ2) is 13.5. The molecule has 0 fully saturated rings. The van der Waals surface area contributed by atoms with E-state index in [2.05, 4.69) is 13.5 Å². The van der Waals surface area contributed by atoms with E-state index in [1.165, 1.54) is 56.7 Å². The first kappa shape index (κ1) is 27.8. The Kier molecular flexibility index (Phi) is 10.7. The van der Waals surface area contributed by atoms with Crippen LogP contribution < -0.4 is 28.9 Å². The number of methoxy groups -OCH3 is 2. The van der Waals surface area contributed by atoms with Crippen molar-refractivity contribution < 1.29 is 45.2 Å². The predicted molar refractivity (Wildman–Crippen MR) is 127 cm³/mol. The zero-order valence-electron chi connectivity index (χ0n) is 18.5. The number of ether oxygens (including phenoxy) is 2. The van der Waals surface area contributed by atoms with Gasteiger partial charge in [-0.25, -0.2) is 0 Å². The molecule has 2 rings (SSSR count). The van der Waals surface area contributed by atoms with Crippen LogP contribution in [-0.2, 0) is 29.2 Å². The molecule has 0 spiro atoms. The molecule has 0 aliphatic carbocycles. The standard InChI is InChI=1S/C21H22N2O10S2/c1-28-20-11-14(5-9-18(20)30-34-33-32-22)3-7-16(24)13-17(25)8-4-15-6-10-19(21(12-15)29-2)31-35(23,26)27/h3-12H,13,22H2,1-2H3,(H2,23,26,27)/b7-3+,8-4+. The number of nitrogens with two attached hydrogens (primary N) is 2. The summed E-state index contributed by atoms with van der Waals surface area (Å²) in [7, 11) is -1.47. The number of hydrogen-bond acceptors (Lipinski definition) is 12. The van der Waals surface area contributed by atoms with Crippen molar-refractivity contribution in [1.82, 2.24) is 0 Å². The molecule has 0 bridgehead atoms. The molecule has 2 aromatic carbocycles. The van der Waals surface area contributed by atoms with Crippen molar-refractivity contribution in [2.75, 3.05) is 14.2 Å². The number of allylic oxidation sites excluding steroid dienone is 2. The third kappa shape index (κ3) is 9.78. The van der Waals surface area contributed by atoms with E-state index in [1.807, 2.05) is 0 Å². The molecule has 0 amide bonds. The molecule has 0 radical (unpaired) electrons. The number of benzene rings is 2. The summed E-state index contributed by atoms with van der Waals surface area (Å²) < 4.78 is 46.6. The fourth-order valence-electron chi connectivity index (χ4n) is 2.57. The Morgan fingerprint density at radius 3 is 1.89 bits per heavy atom. The van der Waals surface area contributed by atoms with Gasteiger partial charge in [0.1, 0.15) is 0 Å². The molecule has 0 aliphatic heterocycles. The maximum absolute atomic E-state index is 12.2. The van der Waals surface area contributed by atoms with Gasteiger partial charge in [-0.1, -0.05) is 24.3 Å². The van der Waals surface area contributed by atoms with Gasteiger partial charge < -0.3 is 17.8 Å². The quantitative estimate of drug-likeness (QED) is 0.0918. The normalized spacial score (nSPS) is 11.5. The SMILES string of the molecule is COc1cc(/C=C/C(=O)CC(=O)/C=C/c2ccc(OS(N)(=O)=O)c(OC)c2)ccc1OSOON. The molecular weight excluding hydrogens is 504 g/mol. The zero-order valence-corrected chi connectivity index (χ0v) is 20.2. The van der Waals surface area contributed by atoms with Crippen molar-refractivity contribution in [3.05, 3.63) is 59.7 Å². The lowest BCUT2D eigenvalue weighted by atomic mass is 10.1.